The molecule has 2 amide bonds. The van der Waals surface area contributed by atoms with E-state index in [9.17, 15) is 9.18 Å². The molecule has 0 spiro atoms. The largest absolute Gasteiger partial charge is 0.324 e. The molecule has 1 aromatic rings. The van der Waals surface area contributed by atoms with E-state index in [1.165, 1.54) is 6.07 Å². The third-order valence-electron chi connectivity index (χ3n) is 3.47. The van der Waals surface area contributed by atoms with Crippen molar-refractivity contribution in [2.75, 3.05) is 59.7 Å². The van der Waals surface area contributed by atoms with Gasteiger partial charge in [-0.05, 0) is 66.3 Å². The normalized spacial score (nSPS) is 11.1. The second-order valence-electron chi connectivity index (χ2n) is 6.21. The molecule has 0 aliphatic heterocycles. The molecular formula is C17H29FN4O. The Morgan fingerprint density at radius 3 is 1.96 bits per heavy atom. The quantitative estimate of drug-likeness (QED) is 0.759. The number of urea groups is 1. The number of halogens is 1. The van der Waals surface area contributed by atoms with Crippen LogP contribution < -0.4 is 5.32 Å². The zero-order valence-corrected chi connectivity index (χ0v) is 14.7. The van der Waals surface area contributed by atoms with Crippen molar-refractivity contribution in [1.29, 1.82) is 0 Å². The van der Waals surface area contributed by atoms with Gasteiger partial charge in [0.15, 0.2) is 0 Å². The van der Waals surface area contributed by atoms with E-state index in [1.54, 1.807) is 23.1 Å². The molecule has 0 saturated carbocycles. The van der Waals surface area contributed by atoms with Crippen LogP contribution in [0.2, 0.25) is 0 Å². The predicted octanol–water partition coefficient (Wildman–Crippen LogP) is 2.56. The van der Waals surface area contributed by atoms with Gasteiger partial charge >= 0.3 is 6.03 Å². The fraction of sp³-hybridized carbons (Fsp3) is 0.588. The molecule has 5 nitrogen and oxygen atoms in total. The first kappa shape index (κ1) is 19.4. The molecule has 23 heavy (non-hydrogen) atoms. The molecule has 0 unspecified atom stereocenters. The molecule has 6 heteroatoms. The number of anilines is 1. The van der Waals surface area contributed by atoms with Crippen molar-refractivity contribution >= 4 is 11.7 Å². The highest BCUT2D eigenvalue weighted by Crippen LogP contribution is 2.13. The van der Waals surface area contributed by atoms with Crippen LogP contribution in [0.5, 0.6) is 0 Å². The molecule has 1 rings (SSSR count). The standard InChI is InChI=1S/C17H29FN4O/c1-20(2)11-7-13-22(14-8-12-21(3)4)17(23)19-16-10-6-5-9-15(16)18/h5-6,9-10H,7-8,11-14H2,1-4H3,(H,19,23). The summed E-state index contributed by atoms with van der Waals surface area (Å²) in [5, 5.41) is 2.67. The van der Waals surface area contributed by atoms with Gasteiger partial charge in [-0.25, -0.2) is 9.18 Å². The van der Waals surface area contributed by atoms with Crippen molar-refractivity contribution in [3.63, 3.8) is 0 Å². The Labute approximate surface area is 139 Å². The van der Waals surface area contributed by atoms with Crippen molar-refractivity contribution in [2.45, 2.75) is 12.8 Å². The number of hydrogen-bond acceptors (Lipinski definition) is 3. The van der Waals surface area contributed by atoms with Crippen LogP contribution in [-0.2, 0) is 0 Å². The van der Waals surface area contributed by atoms with E-state index in [0.717, 1.165) is 25.9 Å². The Morgan fingerprint density at radius 1 is 0.957 bits per heavy atom. The monoisotopic (exact) mass is 324 g/mol. The Kier molecular flexibility index (Phi) is 8.58. The molecule has 130 valence electrons. The maximum absolute atomic E-state index is 13.7. The van der Waals surface area contributed by atoms with Gasteiger partial charge in [0.1, 0.15) is 5.82 Å². The molecule has 0 aliphatic rings. The van der Waals surface area contributed by atoms with Gasteiger partial charge in [-0.15, -0.1) is 0 Å². The molecule has 0 bridgehead atoms. The van der Waals surface area contributed by atoms with E-state index in [2.05, 4.69) is 15.1 Å². The second-order valence-corrected chi connectivity index (χ2v) is 6.21. The molecule has 0 heterocycles. The van der Waals surface area contributed by atoms with Crippen LogP contribution >= 0.6 is 0 Å². The highest BCUT2D eigenvalue weighted by atomic mass is 19.1. The van der Waals surface area contributed by atoms with E-state index in [0.29, 0.717) is 13.1 Å². The fourth-order valence-corrected chi connectivity index (χ4v) is 2.23. The van der Waals surface area contributed by atoms with Crippen molar-refractivity contribution in [3.8, 4) is 0 Å². The molecule has 1 N–H and O–H groups in total. The average molecular weight is 324 g/mol. The van der Waals surface area contributed by atoms with Gasteiger partial charge in [0.25, 0.3) is 0 Å². The minimum atomic E-state index is -0.414. The number of carbonyl (C=O) groups excluding carboxylic acids is 1. The van der Waals surface area contributed by atoms with E-state index in [1.807, 2.05) is 28.2 Å². The highest BCUT2D eigenvalue weighted by Gasteiger charge is 2.15. The lowest BCUT2D eigenvalue weighted by Crippen LogP contribution is -2.38. The zero-order valence-electron chi connectivity index (χ0n) is 14.7. The first-order valence-corrected chi connectivity index (χ1v) is 8.00. The smallest absolute Gasteiger partial charge is 0.321 e. The highest BCUT2D eigenvalue weighted by molar-refractivity contribution is 5.89. The molecule has 0 atom stereocenters. The van der Waals surface area contributed by atoms with Crippen LogP contribution in [0.1, 0.15) is 12.8 Å². The van der Waals surface area contributed by atoms with E-state index in [4.69, 9.17) is 0 Å². The maximum Gasteiger partial charge on any atom is 0.321 e. The number of carbonyl (C=O) groups is 1. The SMILES string of the molecule is CN(C)CCCN(CCCN(C)C)C(=O)Nc1ccccc1F. The molecule has 1 aromatic carbocycles. The van der Waals surface area contributed by atoms with Gasteiger partial charge in [0, 0.05) is 13.1 Å². The molecular weight excluding hydrogens is 295 g/mol. The van der Waals surface area contributed by atoms with Crippen LogP contribution in [0.25, 0.3) is 0 Å². The van der Waals surface area contributed by atoms with Gasteiger partial charge in [0.2, 0.25) is 0 Å². The Morgan fingerprint density at radius 2 is 1.48 bits per heavy atom. The third kappa shape index (κ3) is 7.95. The van der Waals surface area contributed by atoms with Crippen LogP contribution in [-0.4, -0.2) is 75.1 Å². The maximum atomic E-state index is 13.7. The van der Waals surface area contributed by atoms with Crippen LogP contribution in [0.4, 0.5) is 14.9 Å². The number of nitrogens with zero attached hydrogens (tertiary/aromatic N) is 3. The van der Waals surface area contributed by atoms with Gasteiger partial charge in [0.05, 0.1) is 5.69 Å². The van der Waals surface area contributed by atoms with Gasteiger partial charge in [-0.1, -0.05) is 12.1 Å². The number of benzene rings is 1. The Bertz CT molecular complexity index is 465. The summed E-state index contributed by atoms with van der Waals surface area (Å²) in [6.07, 6.45) is 1.78. The number of nitrogens with one attached hydrogen (secondary N) is 1. The summed E-state index contributed by atoms with van der Waals surface area (Å²) in [6, 6.07) is 5.99. The summed E-state index contributed by atoms with van der Waals surface area (Å²) >= 11 is 0. The van der Waals surface area contributed by atoms with Crippen LogP contribution in [0.3, 0.4) is 0 Å². The summed E-state index contributed by atoms with van der Waals surface area (Å²) in [5.74, 6) is -0.414. The summed E-state index contributed by atoms with van der Waals surface area (Å²) in [6.45, 7) is 3.14. The molecule has 0 saturated heterocycles. The predicted molar refractivity (Wildman–Crippen MR) is 93.3 cm³/mol. The minimum absolute atomic E-state index is 0.225. The second kappa shape index (κ2) is 10.2. The summed E-state index contributed by atoms with van der Waals surface area (Å²) < 4.78 is 13.7. The molecule has 0 radical (unpaired) electrons. The number of amides is 2. The molecule has 0 aliphatic carbocycles. The first-order valence-electron chi connectivity index (χ1n) is 8.00. The van der Waals surface area contributed by atoms with Crippen molar-refractivity contribution in [1.82, 2.24) is 14.7 Å². The third-order valence-corrected chi connectivity index (χ3v) is 3.47. The summed E-state index contributed by atoms with van der Waals surface area (Å²) in [5.41, 5.74) is 0.225. The first-order chi connectivity index (χ1) is 10.9. The molecule has 0 fully saturated rings. The minimum Gasteiger partial charge on any atom is -0.324 e. The van der Waals surface area contributed by atoms with E-state index >= 15 is 0 Å². The van der Waals surface area contributed by atoms with E-state index < -0.39 is 5.82 Å². The van der Waals surface area contributed by atoms with E-state index in [-0.39, 0.29) is 11.7 Å². The zero-order chi connectivity index (χ0) is 17.2. The summed E-state index contributed by atoms with van der Waals surface area (Å²) in [7, 11) is 8.04. The van der Waals surface area contributed by atoms with Gasteiger partial charge in [-0.2, -0.15) is 0 Å². The van der Waals surface area contributed by atoms with Crippen molar-refractivity contribution < 1.29 is 9.18 Å². The van der Waals surface area contributed by atoms with Crippen LogP contribution in [0.15, 0.2) is 24.3 Å². The number of para-hydroxylation sites is 1. The van der Waals surface area contributed by atoms with Crippen molar-refractivity contribution in [2.24, 2.45) is 0 Å². The average Bonchev–Trinajstić information content (AvgIpc) is 2.47. The fourth-order valence-electron chi connectivity index (χ4n) is 2.23. The lowest BCUT2D eigenvalue weighted by molar-refractivity contribution is 0.205. The number of hydrogen-bond donors (Lipinski definition) is 1. The van der Waals surface area contributed by atoms with Crippen molar-refractivity contribution in [3.05, 3.63) is 30.1 Å². The summed E-state index contributed by atoms with van der Waals surface area (Å²) in [4.78, 5) is 18.4. The Hall–Kier alpha value is -1.66. The topological polar surface area (TPSA) is 38.8 Å². The number of rotatable bonds is 9. The lowest BCUT2D eigenvalue weighted by Gasteiger charge is -2.24. The lowest BCUT2D eigenvalue weighted by atomic mass is 10.3. The van der Waals surface area contributed by atoms with Crippen LogP contribution in [0, 0.1) is 5.82 Å². The molecule has 0 aromatic heterocycles. The van der Waals surface area contributed by atoms with Gasteiger partial charge in [-0.3, -0.25) is 0 Å². The Balaban J connectivity index is 2.60. The van der Waals surface area contributed by atoms with Gasteiger partial charge < -0.3 is 20.0 Å².